The largest absolute Gasteiger partial charge is 0.376 e. The molecule has 2 aliphatic heterocycles. The minimum atomic E-state index is -0.339. The Labute approximate surface area is 202 Å². The van der Waals surface area contributed by atoms with Gasteiger partial charge in [0.15, 0.2) is 0 Å². The fourth-order valence-corrected chi connectivity index (χ4v) is 4.56. The van der Waals surface area contributed by atoms with Crippen LogP contribution in [0.4, 0.5) is 21.9 Å². The molecule has 1 atom stereocenters. The number of piperidine rings is 1. The number of carbonyl (C=O) groups excluding carboxylic acids is 2. The topological polar surface area (TPSA) is 82.7 Å². The molecule has 0 bridgehead atoms. The van der Waals surface area contributed by atoms with Crippen molar-refractivity contribution in [2.45, 2.75) is 58.0 Å². The lowest BCUT2D eigenvalue weighted by molar-refractivity contribution is 0.0858. The molecule has 34 heavy (non-hydrogen) atoms. The van der Waals surface area contributed by atoms with Gasteiger partial charge in [-0.1, -0.05) is 26.0 Å². The number of nitrogens with one attached hydrogen (secondary N) is 3. The van der Waals surface area contributed by atoms with Crippen LogP contribution in [0.3, 0.4) is 0 Å². The van der Waals surface area contributed by atoms with Crippen LogP contribution in [0.25, 0.3) is 0 Å². The zero-order chi connectivity index (χ0) is 23.9. The third-order valence-corrected chi connectivity index (χ3v) is 6.55. The number of amides is 3. The van der Waals surface area contributed by atoms with Crippen molar-refractivity contribution in [1.82, 2.24) is 5.32 Å². The highest BCUT2D eigenvalue weighted by Crippen LogP contribution is 2.28. The predicted octanol–water partition coefficient (Wildman–Crippen LogP) is 5.35. The number of hydrogen-bond acceptors (Lipinski definition) is 4. The van der Waals surface area contributed by atoms with Crippen molar-refractivity contribution in [1.29, 1.82) is 0 Å². The highest BCUT2D eigenvalue weighted by Gasteiger charge is 2.22. The summed E-state index contributed by atoms with van der Waals surface area (Å²) >= 11 is 0. The Kier molecular flexibility index (Phi) is 8.06. The number of urea groups is 1. The molecule has 4 rings (SSSR count). The summed E-state index contributed by atoms with van der Waals surface area (Å²) in [5.74, 6) is 0.301. The highest BCUT2D eigenvalue weighted by atomic mass is 16.5. The number of nitrogens with zero attached hydrogens (tertiary/aromatic N) is 1. The van der Waals surface area contributed by atoms with Crippen molar-refractivity contribution in [3.63, 3.8) is 0 Å². The Morgan fingerprint density at radius 2 is 1.68 bits per heavy atom. The van der Waals surface area contributed by atoms with Gasteiger partial charge in [-0.25, -0.2) is 4.79 Å². The number of ether oxygens (including phenoxy) is 1. The maximum atomic E-state index is 13.2. The first kappa shape index (κ1) is 24.1. The average Bonchev–Trinajstić information content (AvgIpc) is 3.37. The van der Waals surface area contributed by atoms with Crippen LogP contribution in [0.15, 0.2) is 42.5 Å². The molecule has 0 spiro atoms. The first-order valence-corrected chi connectivity index (χ1v) is 12.5. The molecule has 2 aliphatic rings. The predicted molar refractivity (Wildman–Crippen MR) is 137 cm³/mol. The minimum absolute atomic E-state index is 0.0801. The Bertz CT molecular complexity index is 978. The van der Waals surface area contributed by atoms with Crippen molar-refractivity contribution in [3.8, 4) is 0 Å². The van der Waals surface area contributed by atoms with Gasteiger partial charge in [-0.3, -0.25) is 4.79 Å². The van der Waals surface area contributed by atoms with Gasteiger partial charge in [0.1, 0.15) is 0 Å². The molecule has 0 saturated carbocycles. The molecular formula is C27H36N4O3. The second-order valence-electron chi connectivity index (χ2n) is 9.48. The van der Waals surface area contributed by atoms with E-state index in [0.29, 0.717) is 23.7 Å². The molecule has 3 N–H and O–H groups in total. The van der Waals surface area contributed by atoms with Crippen LogP contribution >= 0.6 is 0 Å². The lowest BCUT2D eigenvalue weighted by atomic mass is 10.0. The lowest BCUT2D eigenvalue weighted by Gasteiger charge is -2.30. The Balaban J connectivity index is 1.46. The Hall–Kier alpha value is -3.06. The summed E-state index contributed by atoms with van der Waals surface area (Å²) in [6, 6.07) is 13.1. The maximum Gasteiger partial charge on any atom is 0.323 e. The molecule has 0 aliphatic carbocycles. The summed E-state index contributed by atoms with van der Waals surface area (Å²) in [5.41, 5.74) is 4.03. The van der Waals surface area contributed by atoms with Crippen LogP contribution in [0.1, 0.15) is 67.8 Å². The van der Waals surface area contributed by atoms with Gasteiger partial charge in [0.2, 0.25) is 0 Å². The van der Waals surface area contributed by atoms with Gasteiger partial charge in [0.25, 0.3) is 5.91 Å². The fraction of sp³-hybridized carbons (Fsp3) is 0.481. The third kappa shape index (κ3) is 6.29. The summed E-state index contributed by atoms with van der Waals surface area (Å²) in [7, 11) is 0. The molecule has 0 aromatic heterocycles. The summed E-state index contributed by atoms with van der Waals surface area (Å²) < 4.78 is 5.65. The van der Waals surface area contributed by atoms with Crippen molar-refractivity contribution < 1.29 is 14.3 Å². The van der Waals surface area contributed by atoms with Crippen LogP contribution in [0, 0.1) is 0 Å². The molecule has 2 heterocycles. The molecule has 2 fully saturated rings. The summed E-state index contributed by atoms with van der Waals surface area (Å²) in [6.07, 6.45) is 5.54. The van der Waals surface area contributed by atoms with Gasteiger partial charge in [0.05, 0.1) is 11.7 Å². The first-order valence-electron chi connectivity index (χ1n) is 12.5. The van der Waals surface area contributed by atoms with E-state index in [1.165, 1.54) is 12.0 Å². The van der Waals surface area contributed by atoms with Crippen LogP contribution in [0.2, 0.25) is 0 Å². The van der Waals surface area contributed by atoms with E-state index < -0.39 is 0 Å². The number of hydrogen-bond donors (Lipinski definition) is 3. The Morgan fingerprint density at radius 3 is 2.35 bits per heavy atom. The second-order valence-corrected chi connectivity index (χ2v) is 9.48. The van der Waals surface area contributed by atoms with Gasteiger partial charge in [-0.05, 0) is 73.9 Å². The molecule has 0 radical (unpaired) electrons. The molecule has 1 unspecified atom stereocenters. The van der Waals surface area contributed by atoms with E-state index in [1.54, 1.807) is 6.07 Å². The van der Waals surface area contributed by atoms with Gasteiger partial charge >= 0.3 is 6.03 Å². The van der Waals surface area contributed by atoms with Gasteiger partial charge in [-0.2, -0.15) is 0 Å². The number of carbonyl (C=O) groups is 2. The van der Waals surface area contributed by atoms with Gasteiger partial charge in [-0.15, -0.1) is 0 Å². The molecule has 2 saturated heterocycles. The van der Waals surface area contributed by atoms with Gasteiger partial charge < -0.3 is 25.6 Å². The highest BCUT2D eigenvalue weighted by molar-refractivity contribution is 6.04. The van der Waals surface area contributed by atoms with E-state index in [0.717, 1.165) is 56.8 Å². The fourth-order valence-electron chi connectivity index (χ4n) is 4.56. The van der Waals surface area contributed by atoms with Crippen LogP contribution in [-0.4, -0.2) is 44.3 Å². The third-order valence-electron chi connectivity index (χ3n) is 6.55. The summed E-state index contributed by atoms with van der Waals surface area (Å²) in [4.78, 5) is 28.0. The van der Waals surface area contributed by atoms with Crippen LogP contribution in [-0.2, 0) is 4.74 Å². The quantitative estimate of drug-likeness (QED) is 0.516. The first-order chi connectivity index (χ1) is 16.5. The van der Waals surface area contributed by atoms with Crippen LogP contribution in [0.5, 0.6) is 0 Å². The standard InChI is InChI=1S/C27H36N4O3/c1-19(2)20-8-10-21(11-9-20)29-27(33)30-22-12-13-25(31-14-4-3-5-15-31)24(17-22)26(32)28-18-23-7-6-16-34-23/h8-13,17,19,23H,3-7,14-16,18H2,1-2H3,(H,28,32)(H2,29,30,33). The van der Waals surface area contributed by atoms with E-state index in [9.17, 15) is 9.59 Å². The molecule has 7 heteroatoms. The summed E-state index contributed by atoms with van der Waals surface area (Å²) in [5, 5.41) is 8.78. The maximum absolute atomic E-state index is 13.2. The van der Waals surface area contributed by atoms with E-state index in [-0.39, 0.29) is 18.0 Å². The van der Waals surface area contributed by atoms with Crippen molar-refractivity contribution in [2.24, 2.45) is 0 Å². The van der Waals surface area contributed by atoms with E-state index in [4.69, 9.17) is 4.74 Å². The zero-order valence-corrected chi connectivity index (χ0v) is 20.2. The normalized spacial score (nSPS) is 18.1. The van der Waals surface area contributed by atoms with Crippen LogP contribution < -0.4 is 20.9 Å². The Morgan fingerprint density at radius 1 is 0.971 bits per heavy atom. The smallest absolute Gasteiger partial charge is 0.323 e. The van der Waals surface area contributed by atoms with E-state index in [2.05, 4.69) is 34.7 Å². The number of rotatable bonds is 7. The SMILES string of the molecule is CC(C)c1ccc(NC(=O)Nc2ccc(N3CCCCC3)c(C(=O)NCC3CCCO3)c2)cc1. The number of anilines is 3. The van der Waals surface area contributed by atoms with Crippen molar-refractivity contribution in [3.05, 3.63) is 53.6 Å². The monoisotopic (exact) mass is 464 g/mol. The van der Waals surface area contributed by atoms with E-state index >= 15 is 0 Å². The molecule has 2 aromatic rings. The summed E-state index contributed by atoms with van der Waals surface area (Å²) in [6.45, 7) is 7.41. The molecular weight excluding hydrogens is 428 g/mol. The second kappa shape index (κ2) is 11.4. The van der Waals surface area contributed by atoms with E-state index in [1.807, 2.05) is 36.4 Å². The number of benzene rings is 2. The molecule has 3 amide bonds. The molecule has 182 valence electrons. The van der Waals surface area contributed by atoms with Gasteiger partial charge in [0, 0.05) is 43.3 Å². The lowest BCUT2D eigenvalue weighted by Crippen LogP contribution is -2.35. The zero-order valence-electron chi connectivity index (χ0n) is 20.2. The minimum Gasteiger partial charge on any atom is -0.376 e. The van der Waals surface area contributed by atoms with Crippen molar-refractivity contribution >= 4 is 29.0 Å². The molecule has 2 aromatic carbocycles. The average molecular weight is 465 g/mol. The van der Waals surface area contributed by atoms with Crippen molar-refractivity contribution in [2.75, 3.05) is 41.8 Å². The molecule has 7 nitrogen and oxygen atoms in total.